The lowest BCUT2D eigenvalue weighted by Crippen LogP contribution is -2.36. The summed E-state index contributed by atoms with van der Waals surface area (Å²) in [6, 6.07) is 0. The molecule has 1 fully saturated rings. The Morgan fingerprint density at radius 2 is 2.20 bits per heavy atom. The number of methoxy groups -OCH3 is 1. The maximum absolute atomic E-state index is 12.2. The zero-order valence-electron chi connectivity index (χ0n) is 12.4. The summed E-state index contributed by atoms with van der Waals surface area (Å²) in [6.45, 7) is 7.96. The molecule has 2 rings (SSSR count). The molecule has 0 radical (unpaired) electrons. The predicted octanol–water partition coefficient (Wildman–Crippen LogP) is 3.12. The lowest BCUT2D eigenvalue weighted by atomic mass is 10.1. The van der Waals surface area contributed by atoms with E-state index in [-0.39, 0.29) is 11.7 Å². The van der Waals surface area contributed by atoms with E-state index in [0.29, 0.717) is 21.6 Å². The number of hydrogen-bond acceptors (Lipinski definition) is 6. The molecule has 1 unspecified atom stereocenters. The monoisotopic (exact) mass is 314 g/mol. The molecule has 0 spiro atoms. The molecular weight excluding hydrogens is 292 g/mol. The fraction of sp³-hybridized carbons (Fsp3) is 0.643. The van der Waals surface area contributed by atoms with Crippen LogP contribution in [-0.4, -0.2) is 37.0 Å². The minimum absolute atomic E-state index is 0.0515. The van der Waals surface area contributed by atoms with Crippen molar-refractivity contribution in [1.82, 2.24) is 0 Å². The molecular formula is C14H22N2O2S2. The van der Waals surface area contributed by atoms with Gasteiger partial charge in [-0.3, -0.25) is 4.79 Å². The van der Waals surface area contributed by atoms with Gasteiger partial charge in [-0.25, -0.2) is 0 Å². The number of nitrogens with two attached hydrogens (primary N) is 1. The lowest BCUT2D eigenvalue weighted by molar-refractivity contribution is 0.0944. The first-order valence-electron chi connectivity index (χ1n) is 6.82. The van der Waals surface area contributed by atoms with Crippen molar-refractivity contribution >= 4 is 39.6 Å². The Labute approximate surface area is 128 Å². The minimum Gasteiger partial charge on any atom is -0.492 e. The average molecular weight is 314 g/mol. The van der Waals surface area contributed by atoms with E-state index in [1.807, 2.05) is 25.6 Å². The van der Waals surface area contributed by atoms with E-state index in [1.165, 1.54) is 11.3 Å². The van der Waals surface area contributed by atoms with Gasteiger partial charge in [-0.15, -0.1) is 11.3 Å². The van der Waals surface area contributed by atoms with Crippen LogP contribution in [-0.2, 0) is 0 Å². The molecule has 0 saturated carbocycles. The number of hydrogen-bond donors (Lipinski definition) is 1. The summed E-state index contributed by atoms with van der Waals surface area (Å²) in [6.07, 6.45) is 0. The van der Waals surface area contributed by atoms with Crippen LogP contribution < -0.4 is 15.4 Å². The first kappa shape index (κ1) is 15.5. The second-order valence-electron chi connectivity index (χ2n) is 5.33. The summed E-state index contributed by atoms with van der Waals surface area (Å²) in [4.78, 5) is 15.2. The molecule has 6 heteroatoms. The SMILES string of the molecule is COc1c(N2CCSC(C)C2)sc(C(=O)C(C)C)c1N. The maximum Gasteiger partial charge on any atom is 0.177 e. The number of nitrogen functional groups attached to an aromatic ring is 1. The Hall–Kier alpha value is -0.880. The van der Waals surface area contributed by atoms with Crippen molar-refractivity contribution in [3.8, 4) is 5.75 Å². The summed E-state index contributed by atoms with van der Waals surface area (Å²) in [5.41, 5.74) is 6.62. The van der Waals surface area contributed by atoms with Crippen molar-refractivity contribution in [2.24, 2.45) is 5.92 Å². The molecule has 1 aromatic heterocycles. The van der Waals surface area contributed by atoms with Crippen LogP contribution in [0.3, 0.4) is 0 Å². The zero-order chi connectivity index (χ0) is 14.9. The minimum atomic E-state index is -0.0515. The number of nitrogens with zero attached hydrogens (tertiary/aromatic N) is 1. The molecule has 0 aliphatic carbocycles. The van der Waals surface area contributed by atoms with Gasteiger partial charge in [-0.2, -0.15) is 11.8 Å². The smallest absolute Gasteiger partial charge is 0.177 e. The summed E-state index contributed by atoms with van der Waals surface area (Å²) in [5.74, 6) is 1.80. The number of carbonyl (C=O) groups is 1. The van der Waals surface area contributed by atoms with Crippen LogP contribution in [0.5, 0.6) is 5.75 Å². The van der Waals surface area contributed by atoms with Gasteiger partial charge in [-0.1, -0.05) is 20.8 Å². The van der Waals surface area contributed by atoms with Crippen LogP contribution in [0.25, 0.3) is 0 Å². The third-order valence-corrected chi connectivity index (χ3v) is 5.76. The predicted molar refractivity (Wildman–Crippen MR) is 88.6 cm³/mol. The van der Waals surface area contributed by atoms with Gasteiger partial charge in [-0.05, 0) is 0 Å². The molecule has 1 atom stereocenters. The summed E-state index contributed by atoms with van der Waals surface area (Å²) in [7, 11) is 1.62. The fourth-order valence-corrected chi connectivity index (χ4v) is 4.60. The number of Topliss-reactive ketones (excluding diaryl/α,β-unsaturated/α-hetero) is 1. The highest BCUT2D eigenvalue weighted by Gasteiger charge is 2.28. The molecule has 2 heterocycles. The third-order valence-electron chi connectivity index (χ3n) is 3.36. The highest BCUT2D eigenvalue weighted by molar-refractivity contribution is 8.00. The van der Waals surface area contributed by atoms with Gasteiger partial charge in [0, 0.05) is 30.0 Å². The first-order chi connectivity index (χ1) is 9.45. The Morgan fingerprint density at radius 1 is 1.50 bits per heavy atom. The lowest BCUT2D eigenvalue weighted by Gasteiger charge is -2.31. The van der Waals surface area contributed by atoms with E-state index in [0.717, 1.165) is 23.8 Å². The zero-order valence-corrected chi connectivity index (χ0v) is 14.1. The van der Waals surface area contributed by atoms with Gasteiger partial charge in [0.05, 0.1) is 17.7 Å². The van der Waals surface area contributed by atoms with Crippen molar-refractivity contribution in [1.29, 1.82) is 0 Å². The number of thiophene rings is 1. The highest BCUT2D eigenvalue weighted by Crippen LogP contribution is 2.46. The van der Waals surface area contributed by atoms with E-state index < -0.39 is 0 Å². The van der Waals surface area contributed by atoms with E-state index in [9.17, 15) is 4.79 Å². The topological polar surface area (TPSA) is 55.6 Å². The van der Waals surface area contributed by atoms with Crippen molar-refractivity contribution in [2.45, 2.75) is 26.0 Å². The van der Waals surface area contributed by atoms with Crippen LogP contribution in [0.15, 0.2) is 0 Å². The molecule has 1 aromatic rings. The van der Waals surface area contributed by atoms with Gasteiger partial charge in [0.1, 0.15) is 5.00 Å². The second kappa shape index (κ2) is 6.26. The van der Waals surface area contributed by atoms with E-state index in [2.05, 4.69) is 11.8 Å². The highest BCUT2D eigenvalue weighted by atomic mass is 32.2. The molecule has 20 heavy (non-hydrogen) atoms. The van der Waals surface area contributed by atoms with E-state index >= 15 is 0 Å². The van der Waals surface area contributed by atoms with Crippen LogP contribution in [0.4, 0.5) is 10.7 Å². The molecule has 0 amide bonds. The molecule has 0 bridgehead atoms. The Balaban J connectivity index is 2.37. The summed E-state index contributed by atoms with van der Waals surface area (Å²) >= 11 is 3.45. The normalized spacial score (nSPS) is 19.4. The third kappa shape index (κ3) is 2.91. The van der Waals surface area contributed by atoms with E-state index in [1.54, 1.807) is 7.11 Å². The van der Waals surface area contributed by atoms with Gasteiger partial charge in [0.15, 0.2) is 11.5 Å². The van der Waals surface area contributed by atoms with Crippen LogP contribution in [0.1, 0.15) is 30.4 Å². The quantitative estimate of drug-likeness (QED) is 0.865. The van der Waals surface area contributed by atoms with Crippen molar-refractivity contribution in [3.05, 3.63) is 4.88 Å². The molecule has 4 nitrogen and oxygen atoms in total. The Kier molecular flexibility index (Phi) is 4.86. The van der Waals surface area contributed by atoms with Gasteiger partial charge >= 0.3 is 0 Å². The number of anilines is 2. The summed E-state index contributed by atoms with van der Waals surface area (Å²) in [5, 5.41) is 1.59. The van der Waals surface area contributed by atoms with E-state index in [4.69, 9.17) is 10.5 Å². The molecule has 1 aliphatic rings. The van der Waals surface area contributed by atoms with Gasteiger partial charge in [0.25, 0.3) is 0 Å². The molecule has 0 aromatic carbocycles. The van der Waals surface area contributed by atoms with Crippen LogP contribution >= 0.6 is 23.1 Å². The standard InChI is InChI=1S/C14H22N2O2S2/c1-8(2)11(17)13-10(15)12(18-4)14(20-13)16-5-6-19-9(3)7-16/h8-9H,5-7,15H2,1-4H3. The summed E-state index contributed by atoms with van der Waals surface area (Å²) < 4.78 is 5.46. The number of thioether (sulfide) groups is 1. The molecule has 112 valence electrons. The Morgan fingerprint density at radius 3 is 2.75 bits per heavy atom. The number of ketones is 1. The van der Waals surface area contributed by atoms with Crippen molar-refractivity contribution in [3.63, 3.8) is 0 Å². The van der Waals surface area contributed by atoms with Crippen LogP contribution in [0.2, 0.25) is 0 Å². The maximum atomic E-state index is 12.2. The number of ether oxygens (including phenoxy) is 1. The van der Waals surface area contributed by atoms with Crippen molar-refractivity contribution in [2.75, 3.05) is 36.6 Å². The largest absolute Gasteiger partial charge is 0.492 e. The van der Waals surface area contributed by atoms with Gasteiger partial charge in [0.2, 0.25) is 0 Å². The van der Waals surface area contributed by atoms with Gasteiger partial charge < -0.3 is 15.4 Å². The fourth-order valence-electron chi connectivity index (χ4n) is 2.27. The second-order valence-corrected chi connectivity index (χ2v) is 7.88. The molecule has 2 N–H and O–H groups in total. The Bertz CT molecular complexity index is 500. The first-order valence-corrected chi connectivity index (χ1v) is 8.69. The van der Waals surface area contributed by atoms with Crippen molar-refractivity contribution < 1.29 is 9.53 Å². The van der Waals surface area contributed by atoms with Crippen LogP contribution in [0, 0.1) is 5.92 Å². The molecule has 1 saturated heterocycles. The average Bonchev–Trinajstić information content (AvgIpc) is 2.74. The number of carbonyl (C=O) groups excluding carboxylic acids is 1. The molecule has 1 aliphatic heterocycles. The number of rotatable bonds is 4.